The average Bonchev–Trinajstić information content (AvgIpc) is 3.03. The zero-order valence-corrected chi connectivity index (χ0v) is 10.8. The summed E-state index contributed by atoms with van der Waals surface area (Å²) in [5.41, 5.74) is 6.53. The fourth-order valence-corrected chi connectivity index (χ4v) is 1.88. The van der Waals surface area contributed by atoms with Gasteiger partial charge in [-0.2, -0.15) is 0 Å². The van der Waals surface area contributed by atoms with Gasteiger partial charge in [0.15, 0.2) is 17.3 Å². The molecule has 0 bridgehead atoms. The van der Waals surface area contributed by atoms with Gasteiger partial charge >= 0.3 is 0 Å². The van der Waals surface area contributed by atoms with E-state index in [4.69, 9.17) is 15.2 Å². The normalized spacial score (nSPS) is 12.4. The van der Waals surface area contributed by atoms with Crippen LogP contribution in [0.2, 0.25) is 0 Å². The minimum absolute atomic E-state index is 0.138. The Balaban J connectivity index is 1.76. The smallest absolute Gasteiger partial charge is 0.253 e. The predicted molar refractivity (Wildman–Crippen MR) is 69.2 cm³/mol. The van der Waals surface area contributed by atoms with E-state index >= 15 is 0 Å². The molecule has 2 aromatic rings. The quantitative estimate of drug-likeness (QED) is 0.767. The Morgan fingerprint density at radius 1 is 1.45 bits per heavy atom. The molecule has 3 rings (SSSR count). The minimum Gasteiger partial charge on any atom is -0.454 e. The molecule has 1 aliphatic rings. The van der Waals surface area contributed by atoms with Crippen molar-refractivity contribution in [3.05, 3.63) is 29.8 Å². The highest BCUT2D eigenvalue weighted by Gasteiger charge is 2.19. The number of nitrogens with one attached hydrogen (secondary N) is 1. The second-order valence-corrected chi connectivity index (χ2v) is 4.33. The van der Waals surface area contributed by atoms with E-state index in [-0.39, 0.29) is 19.2 Å². The number of benzene rings is 1. The van der Waals surface area contributed by atoms with Gasteiger partial charge in [-0.25, -0.2) is 0 Å². The predicted octanol–water partition coefficient (Wildman–Crippen LogP) is 0.0560. The Morgan fingerprint density at radius 3 is 2.90 bits per heavy atom. The Bertz CT molecular complexity index is 667. The van der Waals surface area contributed by atoms with E-state index in [1.165, 1.54) is 0 Å². The molecular weight excluding hydrogens is 262 g/mol. The van der Waals surface area contributed by atoms with Crippen LogP contribution < -0.4 is 20.5 Å². The van der Waals surface area contributed by atoms with Crippen molar-refractivity contribution in [3.8, 4) is 11.5 Å². The van der Waals surface area contributed by atoms with Crippen molar-refractivity contribution >= 4 is 11.6 Å². The highest BCUT2D eigenvalue weighted by atomic mass is 16.7. The molecule has 3 N–H and O–H groups in total. The molecule has 0 radical (unpaired) electrons. The number of nitrogens with two attached hydrogens (primary N) is 1. The monoisotopic (exact) mass is 275 g/mol. The van der Waals surface area contributed by atoms with E-state index in [0.29, 0.717) is 28.6 Å². The molecule has 0 aliphatic carbocycles. The first kappa shape index (κ1) is 12.3. The van der Waals surface area contributed by atoms with Gasteiger partial charge in [-0.3, -0.25) is 4.79 Å². The number of aromatic nitrogens is 3. The summed E-state index contributed by atoms with van der Waals surface area (Å²) in [6.45, 7) is 0.405. The van der Waals surface area contributed by atoms with Crippen LogP contribution in [0.5, 0.6) is 11.5 Å². The molecule has 1 aromatic heterocycles. The number of carbonyl (C=O) groups excluding carboxylic acids is 1. The van der Waals surface area contributed by atoms with Crippen LogP contribution in [-0.4, -0.2) is 27.5 Å². The Labute approximate surface area is 114 Å². The van der Waals surface area contributed by atoms with Crippen LogP contribution in [0.3, 0.4) is 0 Å². The molecule has 20 heavy (non-hydrogen) atoms. The van der Waals surface area contributed by atoms with Crippen LogP contribution in [0.25, 0.3) is 0 Å². The van der Waals surface area contributed by atoms with Crippen molar-refractivity contribution in [2.75, 3.05) is 12.5 Å². The first-order valence-corrected chi connectivity index (χ1v) is 5.95. The summed E-state index contributed by atoms with van der Waals surface area (Å²) in [5, 5.41) is 10.4. The minimum atomic E-state index is -0.302. The van der Waals surface area contributed by atoms with Gasteiger partial charge in [0, 0.05) is 18.8 Å². The summed E-state index contributed by atoms with van der Waals surface area (Å²) < 4.78 is 12.1. The third kappa shape index (κ3) is 2.11. The van der Waals surface area contributed by atoms with Crippen molar-refractivity contribution in [3.63, 3.8) is 0 Å². The molecule has 0 saturated carbocycles. The zero-order chi connectivity index (χ0) is 14.1. The first-order chi connectivity index (χ1) is 9.65. The molecule has 0 atom stereocenters. The van der Waals surface area contributed by atoms with Crippen LogP contribution in [0.4, 0.5) is 5.69 Å². The number of nitrogens with zero attached hydrogens (tertiary/aromatic N) is 3. The number of aryl methyl sites for hydroxylation is 1. The van der Waals surface area contributed by atoms with Gasteiger partial charge in [-0.05, 0) is 6.07 Å². The molecule has 8 nitrogen and oxygen atoms in total. The van der Waals surface area contributed by atoms with Gasteiger partial charge in [-0.1, -0.05) is 0 Å². The van der Waals surface area contributed by atoms with Crippen molar-refractivity contribution in [2.24, 2.45) is 7.05 Å². The molecule has 0 fully saturated rings. The van der Waals surface area contributed by atoms with Crippen LogP contribution in [0, 0.1) is 0 Å². The third-order valence-corrected chi connectivity index (χ3v) is 3.00. The Morgan fingerprint density at radius 2 is 2.20 bits per heavy atom. The lowest BCUT2D eigenvalue weighted by molar-refractivity contribution is 0.0950. The van der Waals surface area contributed by atoms with Gasteiger partial charge in [0.1, 0.15) is 6.33 Å². The second kappa shape index (κ2) is 4.72. The molecule has 8 heteroatoms. The summed E-state index contributed by atoms with van der Waals surface area (Å²) in [7, 11) is 1.80. The number of amides is 1. The number of fused-ring (bicyclic) bond motifs is 1. The first-order valence-electron chi connectivity index (χ1n) is 5.95. The Kier molecular flexibility index (Phi) is 2.90. The standard InChI is InChI=1S/C12H13N5O3/c1-17-5-15-16-11(17)4-14-12(18)7-2-9-10(3-8(7)13)20-6-19-9/h2-3,5H,4,6,13H2,1H3,(H,14,18). The lowest BCUT2D eigenvalue weighted by atomic mass is 10.1. The van der Waals surface area contributed by atoms with Crippen molar-refractivity contribution in [2.45, 2.75) is 6.54 Å². The molecule has 1 amide bonds. The fourth-order valence-electron chi connectivity index (χ4n) is 1.88. The van der Waals surface area contributed by atoms with Crippen molar-refractivity contribution < 1.29 is 14.3 Å². The Hall–Kier alpha value is -2.77. The van der Waals surface area contributed by atoms with Gasteiger partial charge in [0.25, 0.3) is 5.91 Å². The average molecular weight is 275 g/mol. The molecule has 1 aliphatic heterocycles. The summed E-state index contributed by atoms with van der Waals surface area (Å²) >= 11 is 0. The van der Waals surface area contributed by atoms with E-state index in [1.54, 1.807) is 30.1 Å². The number of carbonyl (C=O) groups is 1. The molecular formula is C12H13N5O3. The number of nitrogen functional groups attached to an aromatic ring is 1. The molecule has 0 unspecified atom stereocenters. The number of anilines is 1. The van der Waals surface area contributed by atoms with E-state index in [2.05, 4.69) is 15.5 Å². The second-order valence-electron chi connectivity index (χ2n) is 4.33. The van der Waals surface area contributed by atoms with Gasteiger partial charge in [0.2, 0.25) is 6.79 Å². The van der Waals surface area contributed by atoms with Crippen LogP contribution >= 0.6 is 0 Å². The molecule has 2 heterocycles. The third-order valence-electron chi connectivity index (χ3n) is 3.00. The van der Waals surface area contributed by atoms with E-state index in [0.717, 1.165) is 0 Å². The summed E-state index contributed by atoms with van der Waals surface area (Å²) in [5.74, 6) is 1.41. The van der Waals surface area contributed by atoms with Gasteiger partial charge in [-0.15, -0.1) is 10.2 Å². The number of ether oxygens (including phenoxy) is 2. The van der Waals surface area contributed by atoms with Gasteiger partial charge < -0.3 is 25.1 Å². The van der Waals surface area contributed by atoms with Crippen molar-refractivity contribution in [1.82, 2.24) is 20.1 Å². The highest BCUT2D eigenvalue weighted by molar-refractivity contribution is 6.00. The van der Waals surface area contributed by atoms with Crippen molar-refractivity contribution in [1.29, 1.82) is 0 Å². The maximum Gasteiger partial charge on any atom is 0.253 e. The number of rotatable bonds is 3. The largest absolute Gasteiger partial charge is 0.454 e. The number of hydrogen-bond donors (Lipinski definition) is 2. The maximum atomic E-state index is 12.1. The summed E-state index contributed by atoms with van der Waals surface area (Å²) in [4.78, 5) is 12.1. The molecule has 0 spiro atoms. The molecule has 0 saturated heterocycles. The SMILES string of the molecule is Cn1cnnc1CNC(=O)c1cc2c(cc1N)OCO2. The lowest BCUT2D eigenvalue weighted by Gasteiger charge is -2.08. The van der Waals surface area contributed by atoms with E-state index in [1.807, 2.05) is 0 Å². The molecule has 1 aromatic carbocycles. The van der Waals surface area contributed by atoms with Crippen LogP contribution in [-0.2, 0) is 13.6 Å². The topological polar surface area (TPSA) is 104 Å². The van der Waals surface area contributed by atoms with Crippen LogP contribution in [0.1, 0.15) is 16.2 Å². The molecule has 104 valence electrons. The summed E-state index contributed by atoms with van der Waals surface area (Å²) in [6, 6.07) is 3.16. The fraction of sp³-hybridized carbons (Fsp3) is 0.250. The van der Waals surface area contributed by atoms with Crippen LogP contribution in [0.15, 0.2) is 18.5 Å². The van der Waals surface area contributed by atoms with Gasteiger partial charge in [0.05, 0.1) is 12.1 Å². The summed E-state index contributed by atoms with van der Waals surface area (Å²) in [6.07, 6.45) is 1.57. The zero-order valence-electron chi connectivity index (χ0n) is 10.8. The van der Waals surface area contributed by atoms with E-state index < -0.39 is 0 Å². The lowest BCUT2D eigenvalue weighted by Crippen LogP contribution is -2.25. The highest BCUT2D eigenvalue weighted by Crippen LogP contribution is 2.35. The maximum absolute atomic E-state index is 12.1. The number of hydrogen-bond acceptors (Lipinski definition) is 6. The van der Waals surface area contributed by atoms with E-state index in [9.17, 15) is 4.79 Å².